The Morgan fingerprint density at radius 3 is 1.69 bits per heavy atom. The molecule has 0 fully saturated rings. The van der Waals surface area contributed by atoms with Crippen LogP contribution in [0.25, 0.3) is 66.5 Å². The normalized spacial score (nSPS) is 11.3. The number of fused-ring (bicyclic) bond motifs is 4. The zero-order valence-electron chi connectivity index (χ0n) is 19.3. The molecule has 0 amide bonds. The third kappa shape index (κ3) is 3.56. The molecule has 3 aromatic heterocycles. The lowest BCUT2D eigenvalue weighted by molar-refractivity contribution is 1.18. The second-order valence-corrected chi connectivity index (χ2v) is 8.82. The molecule has 0 bridgehead atoms. The van der Waals surface area contributed by atoms with Crippen LogP contribution in [0.5, 0.6) is 0 Å². The lowest BCUT2D eigenvalue weighted by Gasteiger charge is -2.09. The molecule has 0 N–H and O–H groups in total. The second kappa shape index (κ2) is 8.36. The van der Waals surface area contributed by atoms with E-state index in [1.165, 1.54) is 10.8 Å². The first-order valence-corrected chi connectivity index (χ1v) is 11.9. The molecule has 0 spiro atoms. The van der Waals surface area contributed by atoms with Crippen LogP contribution < -0.4 is 0 Å². The first kappa shape index (κ1) is 20.4. The van der Waals surface area contributed by atoms with E-state index < -0.39 is 0 Å². The molecule has 0 unspecified atom stereocenters. The molecule has 0 aliphatic heterocycles. The maximum Gasteiger partial charge on any atom is 0.159 e. The Hall–Kier alpha value is -4.96. The van der Waals surface area contributed by atoms with Crippen LogP contribution in [0.1, 0.15) is 0 Å². The zero-order valence-corrected chi connectivity index (χ0v) is 19.3. The van der Waals surface area contributed by atoms with Crippen molar-refractivity contribution in [3.8, 4) is 33.9 Å². The molecule has 4 nitrogen and oxygen atoms in total. The lowest BCUT2D eigenvalue weighted by Crippen LogP contribution is -1.92. The minimum absolute atomic E-state index is 0.701. The van der Waals surface area contributed by atoms with E-state index in [9.17, 15) is 0 Å². The van der Waals surface area contributed by atoms with Crippen LogP contribution >= 0.6 is 0 Å². The van der Waals surface area contributed by atoms with Gasteiger partial charge in [0, 0.05) is 39.9 Å². The summed E-state index contributed by atoms with van der Waals surface area (Å²) in [6, 6.07) is 37.5. The van der Waals surface area contributed by atoms with E-state index in [0.29, 0.717) is 5.82 Å². The Bertz CT molecular complexity index is 1890. The van der Waals surface area contributed by atoms with Crippen molar-refractivity contribution < 1.29 is 0 Å². The lowest BCUT2D eigenvalue weighted by atomic mass is 10.0. The van der Waals surface area contributed by atoms with E-state index in [1.807, 2.05) is 18.2 Å². The summed E-state index contributed by atoms with van der Waals surface area (Å²) in [6.45, 7) is 0. The number of hydrogen-bond donors (Lipinski definition) is 0. The van der Waals surface area contributed by atoms with E-state index in [1.54, 1.807) is 12.4 Å². The maximum atomic E-state index is 5.10. The van der Waals surface area contributed by atoms with Gasteiger partial charge in [-0.05, 0) is 41.1 Å². The highest BCUT2D eigenvalue weighted by atomic mass is 14.9. The summed E-state index contributed by atoms with van der Waals surface area (Å²) in [5.41, 5.74) is 6.71. The summed E-state index contributed by atoms with van der Waals surface area (Å²) in [7, 11) is 0. The van der Waals surface area contributed by atoms with Crippen molar-refractivity contribution >= 4 is 32.6 Å². The molecule has 0 saturated heterocycles. The number of rotatable bonds is 3. The molecule has 0 radical (unpaired) electrons. The Morgan fingerprint density at radius 1 is 0.389 bits per heavy atom. The van der Waals surface area contributed by atoms with E-state index >= 15 is 0 Å². The van der Waals surface area contributed by atoms with Gasteiger partial charge in [0.25, 0.3) is 0 Å². The average Bonchev–Trinajstić information content (AvgIpc) is 2.97. The Kier molecular flexibility index (Phi) is 4.74. The molecule has 36 heavy (non-hydrogen) atoms. The van der Waals surface area contributed by atoms with E-state index in [0.717, 1.165) is 49.9 Å². The van der Waals surface area contributed by atoms with Gasteiger partial charge in [0.15, 0.2) is 5.82 Å². The summed E-state index contributed by atoms with van der Waals surface area (Å²) in [5.74, 6) is 0.701. The molecule has 0 aliphatic rings. The average molecular weight is 461 g/mol. The van der Waals surface area contributed by atoms with Gasteiger partial charge in [-0.3, -0.25) is 0 Å². The van der Waals surface area contributed by atoms with Crippen LogP contribution in [-0.4, -0.2) is 19.9 Å². The topological polar surface area (TPSA) is 51.6 Å². The van der Waals surface area contributed by atoms with Crippen LogP contribution in [0, 0.1) is 0 Å². The molecule has 4 heteroatoms. The van der Waals surface area contributed by atoms with Crippen molar-refractivity contribution in [2.24, 2.45) is 0 Å². The van der Waals surface area contributed by atoms with Crippen molar-refractivity contribution in [3.05, 3.63) is 122 Å². The smallest absolute Gasteiger partial charge is 0.159 e. The fourth-order valence-corrected chi connectivity index (χ4v) is 4.70. The van der Waals surface area contributed by atoms with Gasteiger partial charge in [-0.1, -0.05) is 78.9 Å². The number of nitrogens with zero attached hydrogens (tertiary/aromatic N) is 4. The van der Waals surface area contributed by atoms with Crippen LogP contribution in [0.4, 0.5) is 0 Å². The van der Waals surface area contributed by atoms with Gasteiger partial charge in [-0.25, -0.2) is 19.9 Å². The molecular weight excluding hydrogens is 440 g/mol. The fraction of sp³-hybridized carbons (Fsp3) is 0. The maximum absolute atomic E-state index is 5.10. The zero-order chi connectivity index (χ0) is 23.9. The van der Waals surface area contributed by atoms with Crippen molar-refractivity contribution in [2.45, 2.75) is 0 Å². The highest BCUT2D eigenvalue weighted by Gasteiger charge is 2.10. The first-order chi connectivity index (χ1) is 17.8. The van der Waals surface area contributed by atoms with Gasteiger partial charge in [0.05, 0.1) is 22.4 Å². The fourth-order valence-electron chi connectivity index (χ4n) is 4.70. The van der Waals surface area contributed by atoms with Crippen LogP contribution in [-0.2, 0) is 0 Å². The molecular formula is C32H20N4. The Morgan fingerprint density at radius 2 is 0.972 bits per heavy atom. The van der Waals surface area contributed by atoms with E-state index in [2.05, 4.69) is 101 Å². The molecule has 3 heterocycles. The predicted molar refractivity (Wildman–Crippen MR) is 146 cm³/mol. The van der Waals surface area contributed by atoms with E-state index in [-0.39, 0.29) is 0 Å². The van der Waals surface area contributed by atoms with Crippen LogP contribution in [0.15, 0.2) is 122 Å². The monoisotopic (exact) mass is 460 g/mol. The number of pyridine rings is 2. The molecule has 4 aromatic carbocycles. The second-order valence-electron chi connectivity index (χ2n) is 8.82. The minimum atomic E-state index is 0.701. The van der Waals surface area contributed by atoms with Crippen molar-refractivity contribution in [3.63, 3.8) is 0 Å². The van der Waals surface area contributed by atoms with Crippen LogP contribution in [0.3, 0.4) is 0 Å². The number of hydrogen-bond acceptors (Lipinski definition) is 4. The van der Waals surface area contributed by atoms with Gasteiger partial charge >= 0.3 is 0 Å². The summed E-state index contributed by atoms with van der Waals surface area (Å²) < 4.78 is 0. The van der Waals surface area contributed by atoms with Gasteiger partial charge in [0.1, 0.15) is 0 Å². The molecule has 7 aromatic rings. The molecule has 0 saturated carbocycles. The number of aromatic nitrogens is 4. The largest absolute Gasteiger partial charge is 0.245 e. The van der Waals surface area contributed by atoms with Crippen molar-refractivity contribution in [1.82, 2.24) is 19.9 Å². The molecule has 7 rings (SSSR count). The Balaban J connectivity index is 1.37. The highest BCUT2D eigenvalue weighted by Crippen LogP contribution is 2.30. The van der Waals surface area contributed by atoms with Crippen LogP contribution in [0.2, 0.25) is 0 Å². The van der Waals surface area contributed by atoms with Gasteiger partial charge in [0.2, 0.25) is 0 Å². The molecule has 0 aliphatic carbocycles. The van der Waals surface area contributed by atoms with Gasteiger partial charge in [-0.15, -0.1) is 0 Å². The summed E-state index contributed by atoms with van der Waals surface area (Å²) in [5, 5.41) is 4.57. The highest BCUT2D eigenvalue weighted by molar-refractivity contribution is 6.04. The Labute approximate surface area is 208 Å². The number of benzene rings is 4. The third-order valence-corrected chi connectivity index (χ3v) is 6.55. The molecule has 168 valence electrons. The predicted octanol–water partition coefficient (Wildman–Crippen LogP) is 7.73. The standard InChI is InChI=1S/C32H20N4/c1-2-6-24-19-26(12-9-21(24)5-1)29-16-14-23-11-10-22-13-15-28(35-30(22)31(23)36-29)25-7-3-8-27(20-25)32-33-17-4-18-34-32/h1-20H. The quantitative estimate of drug-likeness (QED) is 0.253. The summed E-state index contributed by atoms with van der Waals surface area (Å²) in [4.78, 5) is 19.0. The van der Waals surface area contributed by atoms with E-state index in [4.69, 9.17) is 9.97 Å². The van der Waals surface area contributed by atoms with Crippen molar-refractivity contribution in [2.75, 3.05) is 0 Å². The molecule has 0 atom stereocenters. The van der Waals surface area contributed by atoms with Gasteiger partial charge in [-0.2, -0.15) is 0 Å². The summed E-state index contributed by atoms with van der Waals surface area (Å²) in [6.07, 6.45) is 3.52. The minimum Gasteiger partial charge on any atom is -0.245 e. The first-order valence-electron chi connectivity index (χ1n) is 11.9. The van der Waals surface area contributed by atoms with Crippen molar-refractivity contribution in [1.29, 1.82) is 0 Å². The SMILES string of the molecule is c1cnc(-c2cccc(-c3ccc4ccc5ccc(-c6ccc7ccccc7c6)nc5c4n3)c2)nc1. The van der Waals surface area contributed by atoms with Gasteiger partial charge < -0.3 is 0 Å². The summed E-state index contributed by atoms with van der Waals surface area (Å²) >= 11 is 0. The third-order valence-electron chi connectivity index (χ3n) is 6.55.